The van der Waals surface area contributed by atoms with Crippen LogP contribution in [0.4, 0.5) is 0 Å². The Morgan fingerprint density at radius 3 is 2.40 bits per heavy atom. The lowest BCUT2D eigenvalue weighted by molar-refractivity contribution is -0.124. The summed E-state index contributed by atoms with van der Waals surface area (Å²) < 4.78 is 0. The van der Waals surface area contributed by atoms with E-state index in [1.165, 1.54) is 32.1 Å². The normalized spacial score (nSPS) is 22.3. The zero-order chi connectivity index (χ0) is 11.3. The van der Waals surface area contributed by atoms with E-state index in [4.69, 9.17) is 0 Å². The van der Waals surface area contributed by atoms with Crippen LogP contribution < -0.4 is 5.32 Å². The van der Waals surface area contributed by atoms with E-state index in [2.05, 4.69) is 19.2 Å². The first-order chi connectivity index (χ1) is 7.13. The molecular formula is C13H25NO. The molecule has 88 valence electrons. The molecule has 1 N–H and O–H groups in total. The summed E-state index contributed by atoms with van der Waals surface area (Å²) in [6.07, 6.45) is 7.93. The van der Waals surface area contributed by atoms with Crippen molar-refractivity contribution in [2.24, 2.45) is 5.92 Å². The van der Waals surface area contributed by atoms with Gasteiger partial charge in [-0.05, 0) is 26.3 Å². The molecule has 0 aromatic rings. The Bertz CT molecular complexity index is 207. The lowest BCUT2D eigenvalue weighted by Gasteiger charge is -2.37. The Morgan fingerprint density at radius 2 is 1.93 bits per heavy atom. The van der Waals surface area contributed by atoms with E-state index in [1.807, 2.05) is 7.05 Å². The molecule has 2 nitrogen and oxygen atoms in total. The number of ketones is 1. The van der Waals surface area contributed by atoms with Gasteiger partial charge in [-0.2, -0.15) is 0 Å². The SMILES string of the molecule is CCC(C)C(=O)CC1(NC)CCCCC1. The van der Waals surface area contributed by atoms with Crippen molar-refractivity contribution in [3.8, 4) is 0 Å². The highest BCUT2D eigenvalue weighted by Crippen LogP contribution is 2.31. The van der Waals surface area contributed by atoms with Crippen LogP contribution in [0.25, 0.3) is 0 Å². The van der Waals surface area contributed by atoms with Crippen LogP contribution in [0.1, 0.15) is 58.8 Å². The fourth-order valence-corrected chi connectivity index (χ4v) is 2.48. The topological polar surface area (TPSA) is 29.1 Å². The molecule has 0 amide bonds. The number of nitrogens with one attached hydrogen (secondary N) is 1. The average Bonchev–Trinajstić information content (AvgIpc) is 2.29. The van der Waals surface area contributed by atoms with Gasteiger partial charge in [-0.1, -0.05) is 33.1 Å². The second kappa shape index (κ2) is 5.64. The summed E-state index contributed by atoms with van der Waals surface area (Å²) in [7, 11) is 2.01. The summed E-state index contributed by atoms with van der Waals surface area (Å²) in [5.41, 5.74) is 0.124. The van der Waals surface area contributed by atoms with E-state index in [-0.39, 0.29) is 11.5 Å². The lowest BCUT2D eigenvalue weighted by atomic mass is 9.76. The van der Waals surface area contributed by atoms with Crippen molar-refractivity contribution < 1.29 is 4.79 Å². The maximum atomic E-state index is 12.0. The lowest BCUT2D eigenvalue weighted by Crippen LogP contribution is -2.46. The summed E-state index contributed by atoms with van der Waals surface area (Å²) in [5.74, 6) is 0.672. The van der Waals surface area contributed by atoms with Crippen LogP contribution in [-0.4, -0.2) is 18.4 Å². The number of carbonyl (C=O) groups is 1. The van der Waals surface area contributed by atoms with Crippen LogP contribution in [0.5, 0.6) is 0 Å². The van der Waals surface area contributed by atoms with Crippen LogP contribution in [0, 0.1) is 5.92 Å². The molecule has 0 aliphatic heterocycles. The number of Topliss-reactive ketones (excluding diaryl/α,β-unsaturated/α-hetero) is 1. The minimum Gasteiger partial charge on any atom is -0.314 e. The Kier molecular flexibility index (Phi) is 4.78. The van der Waals surface area contributed by atoms with Gasteiger partial charge in [0.25, 0.3) is 0 Å². The van der Waals surface area contributed by atoms with E-state index in [0.29, 0.717) is 5.78 Å². The Morgan fingerprint density at radius 1 is 1.33 bits per heavy atom. The fourth-order valence-electron chi connectivity index (χ4n) is 2.48. The molecule has 1 saturated carbocycles. The fraction of sp³-hybridized carbons (Fsp3) is 0.923. The van der Waals surface area contributed by atoms with Crippen LogP contribution >= 0.6 is 0 Å². The molecule has 1 atom stereocenters. The second-order valence-electron chi connectivity index (χ2n) is 5.04. The van der Waals surface area contributed by atoms with E-state index in [9.17, 15) is 4.79 Å². The second-order valence-corrected chi connectivity index (χ2v) is 5.04. The van der Waals surface area contributed by atoms with Crippen molar-refractivity contribution in [1.29, 1.82) is 0 Å². The molecule has 0 radical (unpaired) electrons. The molecule has 1 aliphatic rings. The highest BCUT2D eigenvalue weighted by atomic mass is 16.1. The van der Waals surface area contributed by atoms with Crippen molar-refractivity contribution in [1.82, 2.24) is 5.32 Å². The minimum atomic E-state index is 0.124. The molecule has 0 saturated heterocycles. The van der Waals surface area contributed by atoms with Gasteiger partial charge in [0.1, 0.15) is 5.78 Å². The molecule has 0 aromatic heterocycles. The molecule has 1 fully saturated rings. The summed E-state index contributed by atoms with van der Waals surface area (Å²) >= 11 is 0. The zero-order valence-corrected chi connectivity index (χ0v) is 10.4. The van der Waals surface area contributed by atoms with Crippen LogP contribution in [0.2, 0.25) is 0 Å². The van der Waals surface area contributed by atoms with Crippen molar-refractivity contribution in [2.75, 3.05) is 7.05 Å². The van der Waals surface area contributed by atoms with E-state index in [1.54, 1.807) is 0 Å². The molecule has 0 spiro atoms. The van der Waals surface area contributed by atoms with Crippen molar-refractivity contribution >= 4 is 5.78 Å². The minimum absolute atomic E-state index is 0.124. The summed E-state index contributed by atoms with van der Waals surface area (Å²) in [6.45, 7) is 4.14. The maximum absolute atomic E-state index is 12.0. The van der Waals surface area contributed by atoms with Crippen molar-refractivity contribution in [3.63, 3.8) is 0 Å². The first-order valence-electron chi connectivity index (χ1n) is 6.35. The molecule has 15 heavy (non-hydrogen) atoms. The summed E-state index contributed by atoms with van der Waals surface area (Å²) in [6, 6.07) is 0. The van der Waals surface area contributed by atoms with Gasteiger partial charge < -0.3 is 5.32 Å². The maximum Gasteiger partial charge on any atom is 0.137 e. The van der Waals surface area contributed by atoms with Crippen LogP contribution in [0.15, 0.2) is 0 Å². The molecule has 1 rings (SSSR count). The van der Waals surface area contributed by atoms with Crippen molar-refractivity contribution in [2.45, 2.75) is 64.3 Å². The smallest absolute Gasteiger partial charge is 0.137 e. The third-order valence-electron chi connectivity index (χ3n) is 4.02. The Balaban J connectivity index is 2.55. The largest absolute Gasteiger partial charge is 0.314 e. The summed E-state index contributed by atoms with van der Waals surface area (Å²) in [4.78, 5) is 12.0. The monoisotopic (exact) mass is 211 g/mol. The summed E-state index contributed by atoms with van der Waals surface area (Å²) in [5, 5.41) is 3.41. The number of hydrogen-bond acceptors (Lipinski definition) is 2. The van der Waals surface area contributed by atoms with Gasteiger partial charge in [-0.25, -0.2) is 0 Å². The van der Waals surface area contributed by atoms with Gasteiger partial charge >= 0.3 is 0 Å². The van der Waals surface area contributed by atoms with Crippen LogP contribution in [0.3, 0.4) is 0 Å². The van der Waals surface area contributed by atoms with Gasteiger partial charge in [0.15, 0.2) is 0 Å². The van der Waals surface area contributed by atoms with Gasteiger partial charge in [0.2, 0.25) is 0 Å². The molecule has 0 heterocycles. The first-order valence-corrected chi connectivity index (χ1v) is 6.35. The third kappa shape index (κ3) is 3.30. The molecule has 1 unspecified atom stereocenters. The number of rotatable bonds is 5. The quantitative estimate of drug-likeness (QED) is 0.757. The zero-order valence-electron chi connectivity index (χ0n) is 10.4. The number of hydrogen-bond donors (Lipinski definition) is 1. The van der Waals surface area contributed by atoms with Gasteiger partial charge in [-0.15, -0.1) is 0 Å². The van der Waals surface area contributed by atoms with Crippen molar-refractivity contribution in [3.05, 3.63) is 0 Å². The van der Waals surface area contributed by atoms with E-state index in [0.717, 1.165) is 12.8 Å². The average molecular weight is 211 g/mol. The van der Waals surface area contributed by atoms with E-state index >= 15 is 0 Å². The first kappa shape index (κ1) is 12.7. The van der Waals surface area contributed by atoms with E-state index < -0.39 is 0 Å². The van der Waals surface area contributed by atoms with Gasteiger partial charge in [0, 0.05) is 17.9 Å². The van der Waals surface area contributed by atoms with Gasteiger partial charge in [0.05, 0.1) is 0 Å². The molecule has 1 aliphatic carbocycles. The Labute approximate surface area is 93.8 Å². The predicted octanol–water partition coefficient (Wildman–Crippen LogP) is 2.91. The predicted molar refractivity (Wildman–Crippen MR) is 64.0 cm³/mol. The highest BCUT2D eigenvalue weighted by molar-refractivity contribution is 5.81. The number of carbonyl (C=O) groups excluding carboxylic acids is 1. The molecular weight excluding hydrogens is 186 g/mol. The Hall–Kier alpha value is -0.370. The molecule has 0 bridgehead atoms. The molecule has 2 heteroatoms. The highest BCUT2D eigenvalue weighted by Gasteiger charge is 2.33. The van der Waals surface area contributed by atoms with Crippen LogP contribution in [-0.2, 0) is 4.79 Å². The standard InChI is InChI=1S/C13H25NO/c1-4-11(2)12(15)10-13(14-3)8-6-5-7-9-13/h11,14H,4-10H2,1-3H3. The third-order valence-corrected chi connectivity index (χ3v) is 4.02. The van der Waals surface area contributed by atoms with Gasteiger partial charge in [-0.3, -0.25) is 4.79 Å². The molecule has 0 aromatic carbocycles.